The van der Waals surface area contributed by atoms with E-state index in [1.54, 1.807) is 18.2 Å². The molecule has 1 N–H and O–H groups in total. The largest absolute Gasteiger partial charge is 0.421 e. The van der Waals surface area contributed by atoms with Crippen LogP contribution in [0.15, 0.2) is 27.1 Å². The van der Waals surface area contributed by atoms with Gasteiger partial charge in [-0.3, -0.25) is 0 Å². The van der Waals surface area contributed by atoms with Crippen LogP contribution in [0.4, 0.5) is 4.39 Å². The fourth-order valence-corrected chi connectivity index (χ4v) is 2.17. The Morgan fingerprint density at radius 3 is 3.00 bits per heavy atom. The molecule has 0 unspecified atom stereocenters. The fraction of sp³-hybridized carbons (Fsp3) is 0.385. The molecule has 1 aromatic heterocycles. The second-order valence-electron chi connectivity index (χ2n) is 4.58. The van der Waals surface area contributed by atoms with Gasteiger partial charge in [0.2, 0.25) is 5.89 Å². The van der Waals surface area contributed by atoms with Gasteiger partial charge in [-0.25, -0.2) is 4.39 Å². The van der Waals surface area contributed by atoms with Crippen molar-refractivity contribution in [2.45, 2.75) is 25.3 Å². The SMILES string of the molecule is Fc1c(Br)cccc1-c1nnc(CCNC2CC2)o1. The third-order valence-corrected chi connectivity index (χ3v) is 3.61. The molecule has 0 radical (unpaired) electrons. The van der Waals surface area contributed by atoms with E-state index in [4.69, 9.17) is 4.42 Å². The molecule has 2 aromatic rings. The lowest BCUT2D eigenvalue weighted by Gasteiger charge is -1.99. The van der Waals surface area contributed by atoms with Gasteiger partial charge >= 0.3 is 0 Å². The van der Waals surface area contributed by atoms with E-state index in [-0.39, 0.29) is 11.7 Å². The minimum absolute atomic E-state index is 0.222. The molecule has 1 fully saturated rings. The van der Waals surface area contributed by atoms with Crippen LogP contribution in [0.1, 0.15) is 18.7 Å². The number of hydrogen-bond donors (Lipinski definition) is 1. The van der Waals surface area contributed by atoms with E-state index in [1.807, 2.05) is 0 Å². The molecule has 0 bridgehead atoms. The first kappa shape index (κ1) is 12.7. The van der Waals surface area contributed by atoms with Gasteiger partial charge in [0.1, 0.15) is 5.82 Å². The Balaban J connectivity index is 1.70. The summed E-state index contributed by atoms with van der Waals surface area (Å²) in [4.78, 5) is 0. The van der Waals surface area contributed by atoms with Crippen LogP contribution in [-0.4, -0.2) is 22.8 Å². The minimum Gasteiger partial charge on any atom is -0.421 e. The van der Waals surface area contributed by atoms with Crippen molar-refractivity contribution in [2.75, 3.05) is 6.54 Å². The van der Waals surface area contributed by atoms with Crippen LogP contribution in [0.2, 0.25) is 0 Å². The van der Waals surface area contributed by atoms with Gasteiger partial charge in [-0.1, -0.05) is 6.07 Å². The Labute approximate surface area is 118 Å². The highest BCUT2D eigenvalue weighted by molar-refractivity contribution is 9.10. The van der Waals surface area contributed by atoms with E-state index in [1.165, 1.54) is 12.8 Å². The zero-order valence-electron chi connectivity index (χ0n) is 10.2. The summed E-state index contributed by atoms with van der Waals surface area (Å²) in [7, 11) is 0. The van der Waals surface area contributed by atoms with Gasteiger partial charge < -0.3 is 9.73 Å². The maximum atomic E-state index is 13.9. The molecule has 1 aliphatic rings. The first-order valence-corrected chi connectivity index (χ1v) is 7.03. The Morgan fingerprint density at radius 1 is 1.37 bits per heavy atom. The molecule has 100 valence electrons. The molecule has 1 aromatic carbocycles. The topological polar surface area (TPSA) is 51.0 Å². The molecule has 6 heteroatoms. The van der Waals surface area contributed by atoms with Crippen LogP contribution in [0.25, 0.3) is 11.5 Å². The smallest absolute Gasteiger partial charge is 0.250 e. The van der Waals surface area contributed by atoms with Crippen LogP contribution < -0.4 is 5.32 Å². The zero-order chi connectivity index (χ0) is 13.2. The second-order valence-corrected chi connectivity index (χ2v) is 5.44. The molecule has 3 rings (SSSR count). The molecular formula is C13H13BrFN3O. The number of halogens is 2. The van der Waals surface area contributed by atoms with E-state index in [2.05, 4.69) is 31.4 Å². The molecule has 0 saturated heterocycles. The van der Waals surface area contributed by atoms with Crippen molar-refractivity contribution in [1.29, 1.82) is 0 Å². The highest BCUT2D eigenvalue weighted by Crippen LogP contribution is 2.26. The Kier molecular flexibility index (Phi) is 3.61. The normalized spacial score (nSPS) is 14.8. The van der Waals surface area contributed by atoms with Gasteiger partial charge in [0.05, 0.1) is 10.0 Å². The van der Waals surface area contributed by atoms with Crippen LogP contribution in [0, 0.1) is 5.82 Å². The average molecular weight is 326 g/mol. The van der Waals surface area contributed by atoms with Crippen molar-refractivity contribution < 1.29 is 8.81 Å². The molecule has 0 aliphatic heterocycles. The zero-order valence-corrected chi connectivity index (χ0v) is 11.8. The molecule has 1 heterocycles. The average Bonchev–Trinajstić information content (AvgIpc) is 3.10. The summed E-state index contributed by atoms with van der Waals surface area (Å²) in [6.07, 6.45) is 3.16. The maximum Gasteiger partial charge on any atom is 0.250 e. The van der Waals surface area contributed by atoms with E-state index in [0.717, 1.165) is 6.54 Å². The Hall–Kier alpha value is -1.27. The van der Waals surface area contributed by atoms with Gasteiger partial charge in [0, 0.05) is 19.0 Å². The Bertz CT molecular complexity index is 583. The van der Waals surface area contributed by atoms with E-state index in [9.17, 15) is 4.39 Å². The van der Waals surface area contributed by atoms with Gasteiger partial charge in [-0.2, -0.15) is 0 Å². The minimum atomic E-state index is -0.381. The number of hydrogen-bond acceptors (Lipinski definition) is 4. The summed E-state index contributed by atoms with van der Waals surface area (Å²) in [5.41, 5.74) is 0.322. The second kappa shape index (κ2) is 5.38. The summed E-state index contributed by atoms with van der Waals surface area (Å²) >= 11 is 3.14. The molecule has 0 amide bonds. The lowest BCUT2D eigenvalue weighted by atomic mass is 10.2. The van der Waals surface area contributed by atoms with Gasteiger partial charge in [-0.05, 0) is 40.9 Å². The number of benzene rings is 1. The fourth-order valence-electron chi connectivity index (χ4n) is 1.80. The first-order chi connectivity index (χ1) is 9.24. The van der Waals surface area contributed by atoms with Gasteiger partial charge in [-0.15, -0.1) is 10.2 Å². The quantitative estimate of drug-likeness (QED) is 0.918. The number of aromatic nitrogens is 2. The van der Waals surface area contributed by atoms with Crippen molar-refractivity contribution in [3.8, 4) is 11.5 Å². The standard InChI is InChI=1S/C13H13BrFN3O/c14-10-3-1-2-9(12(10)15)13-18-17-11(19-13)6-7-16-8-4-5-8/h1-3,8,16H,4-7H2. The van der Waals surface area contributed by atoms with Crippen molar-refractivity contribution in [3.05, 3.63) is 34.4 Å². The number of nitrogens with zero attached hydrogens (tertiary/aromatic N) is 2. The van der Waals surface area contributed by atoms with Crippen molar-refractivity contribution in [1.82, 2.24) is 15.5 Å². The van der Waals surface area contributed by atoms with Crippen molar-refractivity contribution in [2.24, 2.45) is 0 Å². The summed E-state index contributed by atoms with van der Waals surface area (Å²) in [5.74, 6) is 0.372. The molecule has 1 saturated carbocycles. The van der Waals surface area contributed by atoms with Gasteiger partial charge in [0.25, 0.3) is 5.89 Å². The summed E-state index contributed by atoms with van der Waals surface area (Å²) < 4.78 is 19.7. The first-order valence-electron chi connectivity index (χ1n) is 6.24. The van der Waals surface area contributed by atoms with Crippen molar-refractivity contribution >= 4 is 15.9 Å². The van der Waals surface area contributed by atoms with Crippen LogP contribution in [-0.2, 0) is 6.42 Å². The van der Waals surface area contributed by atoms with Gasteiger partial charge in [0.15, 0.2) is 0 Å². The van der Waals surface area contributed by atoms with E-state index in [0.29, 0.717) is 28.4 Å². The summed E-state index contributed by atoms with van der Waals surface area (Å²) in [6, 6.07) is 5.65. The van der Waals surface area contributed by atoms with Crippen molar-refractivity contribution in [3.63, 3.8) is 0 Å². The van der Waals surface area contributed by atoms with Crippen LogP contribution >= 0.6 is 15.9 Å². The lowest BCUT2D eigenvalue weighted by molar-refractivity contribution is 0.490. The number of nitrogens with one attached hydrogen (secondary N) is 1. The molecule has 0 atom stereocenters. The predicted octanol–water partition coefficient (Wildman–Crippen LogP) is 2.93. The van der Waals surface area contributed by atoms with E-state index >= 15 is 0 Å². The third-order valence-electron chi connectivity index (χ3n) is 3.00. The van der Waals surface area contributed by atoms with E-state index < -0.39 is 0 Å². The molecule has 19 heavy (non-hydrogen) atoms. The third kappa shape index (κ3) is 3.01. The number of rotatable bonds is 5. The molecular weight excluding hydrogens is 313 g/mol. The Morgan fingerprint density at radius 2 is 2.21 bits per heavy atom. The summed E-state index contributed by atoms with van der Waals surface area (Å²) in [6.45, 7) is 0.813. The monoisotopic (exact) mass is 325 g/mol. The molecule has 4 nitrogen and oxygen atoms in total. The molecule has 1 aliphatic carbocycles. The highest BCUT2D eigenvalue weighted by Gasteiger charge is 2.20. The summed E-state index contributed by atoms with van der Waals surface area (Å²) in [5, 5.41) is 11.2. The predicted molar refractivity (Wildman–Crippen MR) is 72.1 cm³/mol. The van der Waals surface area contributed by atoms with Crippen LogP contribution in [0.5, 0.6) is 0 Å². The lowest BCUT2D eigenvalue weighted by Crippen LogP contribution is -2.19. The highest BCUT2D eigenvalue weighted by atomic mass is 79.9. The van der Waals surface area contributed by atoms with Crippen LogP contribution in [0.3, 0.4) is 0 Å². The maximum absolute atomic E-state index is 13.9. The molecule has 0 spiro atoms.